The van der Waals surface area contributed by atoms with Gasteiger partial charge < -0.3 is 10.1 Å². The Bertz CT molecular complexity index is 474. The first-order chi connectivity index (χ1) is 8.81. The SMILES string of the molecule is C#CCCCCNC(=O)c1ccc2c(c1)COC2. The largest absolute Gasteiger partial charge is 0.372 e. The van der Waals surface area contributed by atoms with Gasteiger partial charge in [-0.15, -0.1) is 12.3 Å². The van der Waals surface area contributed by atoms with Crippen molar-refractivity contribution in [2.24, 2.45) is 0 Å². The number of ether oxygens (including phenoxy) is 1. The van der Waals surface area contributed by atoms with Crippen molar-refractivity contribution in [1.82, 2.24) is 5.32 Å². The van der Waals surface area contributed by atoms with Gasteiger partial charge in [0.15, 0.2) is 0 Å². The minimum Gasteiger partial charge on any atom is -0.372 e. The van der Waals surface area contributed by atoms with E-state index in [-0.39, 0.29) is 5.91 Å². The molecule has 3 heteroatoms. The Morgan fingerprint density at radius 3 is 3.00 bits per heavy atom. The van der Waals surface area contributed by atoms with Gasteiger partial charge in [0.05, 0.1) is 13.2 Å². The predicted octanol–water partition coefficient (Wildman–Crippen LogP) is 2.25. The summed E-state index contributed by atoms with van der Waals surface area (Å²) in [4.78, 5) is 11.9. The Kier molecular flexibility index (Phi) is 4.38. The fourth-order valence-corrected chi connectivity index (χ4v) is 1.97. The molecule has 0 unspecified atom stereocenters. The quantitative estimate of drug-likeness (QED) is 0.636. The second-order valence-corrected chi connectivity index (χ2v) is 4.39. The summed E-state index contributed by atoms with van der Waals surface area (Å²) in [5.74, 6) is 2.57. The fourth-order valence-electron chi connectivity index (χ4n) is 1.97. The lowest BCUT2D eigenvalue weighted by Gasteiger charge is -2.06. The maximum Gasteiger partial charge on any atom is 0.251 e. The van der Waals surface area contributed by atoms with E-state index < -0.39 is 0 Å². The van der Waals surface area contributed by atoms with Gasteiger partial charge in [-0.1, -0.05) is 6.07 Å². The topological polar surface area (TPSA) is 38.3 Å². The number of fused-ring (bicyclic) bond motifs is 1. The van der Waals surface area contributed by atoms with Crippen molar-refractivity contribution in [2.75, 3.05) is 6.54 Å². The Hall–Kier alpha value is -1.79. The Morgan fingerprint density at radius 1 is 1.33 bits per heavy atom. The highest BCUT2D eigenvalue weighted by atomic mass is 16.5. The molecule has 1 aliphatic rings. The molecule has 0 fully saturated rings. The molecule has 0 saturated heterocycles. The lowest BCUT2D eigenvalue weighted by Crippen LogP contribution is -2.24. The minimum atomic E-state index is -0.0228. The van der Waals surface area contributed by atoms with Crippen LogP contribution in [0.5, 0.6) is 0 Å². The number of benzene rings is 1. The predicted molar refractivity (Wildman–Crippen MR) is 70.0 cm³/mol. The first kappa shape index (κ1) is 12.7. The molecule has 2 rings (SSSR count). The van der Waals surface area contributed by atoms with Crippen LogP contribution < -0.4 is 5.32 Å². The molecule has 1 aromatic carbocycles. The lowest BCUT2D eigenvalue weighted by molar-refractivity contribution is 0.0953. The van der Waals surface area contributed by atoms with Crippen molar-refractivity contribution in [3.05, 3.63) is 34.9 Å². The third-order valence-electron chi connectivity index (χ3n) is 3.02. The second-order valence-electron chi connectivity index (χ2n) is 4.39. The Labute approximate surface area is 108 Å². The highest BCUT2D eigenvalue weighted by Crippen LogP contribution is 2.20. The van der Waals surface area contributed by atoms with Gasteiger partial charge in [0.1, 0.15) is 0 Å². The van der Waals surface area contributed by atoms with Crippen LogP contribution in [0.2, 0.25) is 0 Å². The summed E-state index contributed by atoms with van der Waals surface area (Å²) in [5, 5.41) is 2.90. The van der Waals surface area contributed by atoms with E-state index in [1.165, 1.54) is 5.56 Å². The van der Waals surface area contributed by atoms with Crippen molar-refractivity contribution in [1.29, 1.82) is 0 Å². The van der Waals surface area contributed by atoms with Crippen LogP contribution in [0, 0.1) is 12.3 Å². The molecular formula is C15H17NO2. The van der Waals surface area contributed by atoms with Crippen LogP contribution in [-0.4, -0.2) is 12.5 Å². The van der Waals surface area contributed by atoms with E-state index in [1.807, 2.05) is 18.2 Å². The van der Waals surface area contributed by atoms with E-state index in [0.29, 0.717) is 25.3 Å². The average Bonchev–Trinajstić information content (AvgIpc) is 2.85. The molecule has 1 heterocycles. The average molecular weight is 243 g/mol. The van der Waals surface area contributed by atoms with Gasteiger partial charge in [-0.25, -0.2) is 0 Å². The Morgan fingerprint density at radius 2 is 2.17 bits per heavy atom. The van der Waals surface area contributed by atoms with Crippen molar-refractivity contribution < 1.29 is 9.53 Å². The number of amides is 1. The zero-order valence-electron chi connectivity index (χ0n) is 10.4. The lowest BCUT2D eigenvalue weighted by atomic mass is 10.1. The van der Waals surface area contributed by atoms with Gasteiger partial charge in [0, 0.05) is 18.5 Å². The number of unbranched alkanes of at least 4 members (excludes halogenated alkanes) is 2. The van der Waals surface area contributed by atoms with Crippen LogP contribution >= 0.6 is 0 Å². The van der Waals surface area contributed by atoms with E-state index in [1.54, 1.807) is 0 Å². The molecule has 3 nitrogen and oxygen atoms in total. The molecule has 0 aromatic heterocycles. The number of carbonyl (C=O) groups excluding carboxylic acids is 1. The van der Waals surface area contributed by atoms with Crippen LogP contribution in [0.3, 0.4) is 0 Å². The standard InChI is InChI=1S/C15H17NO2/c1-2-3-4-5-8-16-15(17)12-6-7-13-10-18-11-14(13)9-12/h1,6-7,9H,3-5,8,10-11H2,(H,16,17). The molecule has 0 atom stereocenters. The van der Waals surface area contributed by atoms with Gasteiger partial charge in [-0.05, 0) is 36.1 Å². The molecule has 18 heavy (non-hydrogen) atoms. The summed E-state index contributed by atoms with van der Waals surface area (Å²) in [6, 6.07) is 5.74. The maximum absolute atomic E-state index is 11.9. The number of nitrogens with one attached hydrogen (secondary N) is 1. The molecule has 0 saturated carbocycles. The molecule has 1 aliphatic heterocycles. The van der Waals surface area contributed by atoms with Crippen LogP contribution in [0.1, 0.15) is 40.7 Å². The monoisotopic (exact) mass is 243 g/mol. The summed E-state index contributed by atoms with van der Waals surface area (Å²) < 4.78 is 5.32. The highest BCUT2D eigenvalue weighted by Gasteiger charge is 2.13. The third-order valence-corrected chi connectivity index (χ3v) is 3.02. The number of hydrogen-bond acceptors (Lipinski definition) is 2. The van der Waals surface area contributed by atoms with Gasteiger partial charge in [-0.2, -0.15) is 0 Å². The third kappa shape index (κ3) is 3.12. The molecule has 1 aromatic rings. The molecule has 0 spiro atoms. The van der Waals surface area contributed by atoms with Gasteiger partial charge in [0.25, 0.3) is 5.91 Å². The zero-order valence-corrected chi connectivity index (χ0v) is 10.4. The number of carbonyl (C=O) groups is 1. The summed E-state index contributed by atoms with van der Waals surface area (Å²) in [6.07, 6.45) is 7.81. The summed E-state index contributed by atoms with van der Waals surface area (Å²) >= 11 is 0. The first-order valence-electron chi connectivity index (χ1n) is 6.22. The van der Waals surface area contributed by atoms with Gasteiger partial charge in [-0.3, -0.25) is 4.79 Å². The molecule has 1 N–H and O–H groups in total. The van der Waals surface area contributed by atoms with Crippen molar-refractivity contribution in [2.45, 2.75) is 32.5 Å². The van der Waals surface area contributed by atoms with Gasteiger partial charge >= 0.3 is 0 Å². The normalized spacial score (nSPS) is 12.8. The number of hydrogen-bond donors (Lipinski definition) is 1. The molecular weight excluding hydrogens is 226 g/mol. The fraction of sp³-hybridized carbons (Fsp3) is 0.400. The number of rotatable bonds is 5. The second kappa shape index (κ2) is 6.23. The van der Waals surface area contributed by atoms with Crippen LogP contribution in [0.4, 0.5) is 0 Å². The van der Waals surface area contributed by atoms with E-state index in [9.17, 15) is 4.79 Å². The molecule has 0 bridgehead atoms. The van der Waals surface area contributed by atoms with E-state index in [0.717, 1.165) is 24.8 Å². The van der Waals surface area contributed by atoms with Gasteiger partial charge in [0.2, 0.25) is 0 Å². The van der Waals surface area contributed by atoms with E-state index in [2.05, 4.69) is 11.2 Å². The molecule has 1 amide bonds. The summed E-state index contributed by atoms with van der Waals surface area (Å²) in [6.45, 7) is 1.94. The van der Waals surface area contributed by atoms with Crippen molar-refractivity contribution in [3.8, 4) is 12.3 Å². The summed E-state index contributed by atoms with van der Waals surface area (Å²) in [5.41, 5.74) is 3.01. The van der Waals surface area contributed by atoms with Crippen molar-refractivity contribution in [3.63, 3.8) is 0 Å². The Balaban J connectivity index is 1.84. The van der Waals surface area contributed by atoms with Crippen molar-refractivity contribution >= 4 is 5.91 Å². The maximum atomic E-state index is 11.9. The highest BCUT2D eigenvalue weighted by molar-refractivity contribution is 5.94. The van der Waals surface area contributed by atoms with Crippen LogP contribution in [0.25, 0.3) is 0 Å². The summed E-state index contributed by atoms with van der Waals surface area (Å²) in [7, 11) is 0. The van der Waals surface area contributed by atoms with E-state index in [4.69, 9.17) is 11.2 Å². The molecule has 0 aliphatic carbocycles. The number of terminal acetylenes is 1. The minimum absolute atomic E-state index is 0.0228. The van der Waals surface area contributed by atoms with Crippen LogP contribution in [0.15, 0.2) is 18.2 Å². The molecule has 0 radical (unpaired) electrons. The first-order valence-corrected chi connectivity index (χ1v) is 6.22. The molecule has 94 valence electrons. The zero-order chi connectivity index (χ0) is 12.8. The smallest absolute Gasteiger partial charge is 0.251 e. The van der Waals surface area contributed by atoms with E-state index >= 15 is 0 Å². The van der Waals surface area contributed by atoms with Crippen LogP contribution in [-0.2, 0) is 18.0 Å².